The molecule has 1 unspecified atom stereocenters. The van der Waals surface area contributed by atoms with Gasteiger partial charge in [0.15, 0.2) is 0 Å². The maximum Gasteiger partial charge on any atom is 0.109 e. The summed E-state index contributed by atoms with van der Waals surface area (Å²) in [5, 5.41) is 0. The number of hydrogen-bond donors (Lipinski definition) is 1. The van der Waals surface area contributed by atoms with Crippen LogP contribution in [0.2, 0.25) is 0 Å². The van der Waals surface area contributed by atoms with Crippen molar-refractivity contribution in [1.82, 2.24) is 0 Å². The summed E-state index contributed by atoms with van der Waals surface area (Å²) >= 11 is 0. The smallest absolute Gasteiger partial charge is 0.109 e. The topological polar surface area (TPSA) is 35.2 Å². The van der Waals surface area contributed by atoms with Crippen molar-refractivity contribution >= 4 is 0 Å². The van der Waals surface area contributed by atoms with E-state index < -0.39 is 0 Å². The van der Waals surface area contributed by atoms with Crippen LogP contribution in [0, 0.1) is 0 Å². The molecule has 0 aliphatic heterocycles. The Bertz CT molecular complexity index is 244. The molecule has 2 N–H and O–H groups in total. The quantitative estimate of drug-likeness (QED) is 0.309. The number of ether oxygens (including phenoxy) is 1. The lowest BCUT2D eigenvalue weighted by molar-refractivity contribution is -0.913. The van der Waals surface area contributed by atoms with Crippen LogP contribution in [0.4, 0.5) is 0 Å². The molecule has 0 spiro atoms. The predicted octanol–water partition coefficient (Wildman–Crippen LogP) is 4.74. The van der Waals surface area contributed by atoms with Crippen molar-refractivity contribution in [3.8, 4) is 0 Å². The third-order valence-electron chi connectivity index (χ3n) is 5.13. The Hall–Kier alpha value is -0.120. The van der Waals surface area contributed by atoms with Crippen LogP contribution in [0.3, 0.4) is 0 Å². The highest BCUT2D eigenvalue weighted by atomic mass is 16.5. The Morgan fingerprint density at radius 2 is 1.35 bits per heavy atom. The first-order valence-corrected chi connectivity index (χ1v) is 10.1. The minimum absolute atomic E-state index is 0.546. The second-order valence-electron chi connectivity index (χ2n) is 7.75. The highest BCUT2D eigenvalue weighted by Crippen LogP contribution is 2.11. The normalized spacial score (nSPS) is 13.4. The van der Waals surface area contributed by atoms with Gasteiger partial charge >= 0.3 is 0 Å². The van der Waals surface area contributed by atoms with Crippen LogP contribution in [-0.4, -0.2) is 50.9 Å². The number of rotatable bonds is 17. The van der Waals surface area contributed by atoms with Gasteiger partial charge in [-0.15, -0.1) is 0 Å². The third-order valence-corrected chi connectivity index (χ3v) is 5.13. The largest absolute Gasteiger partial charge is 0.375 e. The van der Waals surface area contributed by atoms with Gasteiger partial charge in [0.2, 0.25) is 0 Å². The van der Waals surface area contributed by atoms with Gasteiger partial charge in [-0.05, 0) is 19.9 Å². The lowest BCUT2D eigenvalue weighted by atomic mass is 10.1. The first-order valence-electron chi connectivity index (χ1n) is 10.1. The summed E-state index contributed by atoms with van der Waals surface area (Å²) in [5.41, 5.74) is 5.61. The van der Waals surface area contributed by atoms with Gasteiger partial charge in [0.1, 0.15) is 6.04 Å². The third kappa shape index (κ3) is 14.0. The van der Waals surface area contributed by atoms with Gasteiger partial charge in [0.25, 0.3) is 0 Å². The van der Waals surface area contributed by atoms with Gasteiger partial charge in [-0.1, -0.05) is 64.7 Å². The van der Waals surface area contributed by atoms with Gasteiger partial charge < -0.3 is 15.0 Å². The van der Waals surface area contributed by atoms with Crippen molar-refractivity contribution < 1.29 is 9.22 Å². The zero-order chi connectivity index (χ0) is 17.4. The number of nitrogens with two attached hydrogens (primary N) is 1. The minimum atomic E-state index is 0.546. The Balaban J connectivity index is 3.35. The lowest BCUT2D eigenvalue weighted by Crippen LogP contribution is -2.50. The fourth-order valence-corrected chi connectivity index (χ4v) is 2.87. The summed E-state index contributed by atoms with van der Waals surface area (Å²) in [7, 11) is 4.56. The van der Waals surface area contributed by atoms with Crippen molar-refractivity contribution in [1.29, 1.82) is 0 Å². The Labute approximate surface area is 146 Å². The van der Waals surface area contributed by atoms with E-state index >= 15 is 0 Å². The molecule has 0 aliphatic rings. The first-order chi connectivity index (χ1) is 11.0. The van der Waals surface area contributed by atoms with Crippen molar-refractivity contribution in [3.63, 3.8) is 0 Å². The molecule has 23 heavy (non-hydrogen) atoms. The molecule has 0 bridgehead atoms. The maximum absolute atomic E-state index is 5.89. The molecule has 1 atom stereocenters. The van der Waals surface area contributed by atoms with Gasteiger partial charge in [0.05, 0.1) is 27.2 Å². The highest BCUT2D eigenvalue weighted by Gasteiger charge is 2.23. The first kappa shape index (κ1) is 22.9. The molecule has 0 aliphatic carbocycles. The molecule has 0 heterocycles. The van der Waals surface area contributed by atoms with Gasteiger partial charge in [-0.25, -0.2) is 0 Å². The summed E-state index contributed by atoms with van der Waals surface area (Å²) in [6, 6.07) is 0.546. The zero-order valence-corrected chi connectivity index (χ0v) is 16.6. The number of likely N-dealkylation sites (N-methyl/N-ethyl adjacent to an activating group) is 1. The molecule has 0 aromatic carbocycles. The van der Waals surface area contributed by atoms with Gasteiger partial charge in [-0.2, -0.15) is 0 Å². The number of hydrogen-bond acceptors (Lipinski definition) is 2. The second-order valence-corrected chi connectivity index (χ2v) is 7.75. The van der Waals surface area contributed by atoms with Gasteiger partial charge in [-0.3, -0.25) is 0 Å². The molecule has 0 fully saturated rings. The Morgan fingerprint density at radius 1 is 0.826 bits per heavy atom. The summed E-state index contributed by atoms with van der Waals surface area (Å²) in [6.07, 6.45) is 14.9. The molecule has 0 saturated carbocycles. The average Bonchev–Trinajstić information content (AvgIpc) is 2.53. The van der Waals surface area contributed by atoms with Crippen LogP contribution in [0.15, 0.2) is 0 Å². The van der Waals surface area contributed by atoms with E-state index in [0.29, 0.717) is 6.04 Å². The summed E-state index contributed by atoms with van der Waals surface area (Å²) in [4.78, 5) is 0. The summed E-state index contributed by atoms with van der Waals surface area (Å²) in [5.74, 6) is 0. The van der Waals surface area contributed by atoms with E-state index in [1.807, 2.05) is 0 Å². The number of nitrogens with zero attached hydrogens (tertiary/aromatic N) is 1. The second kappa shape index (κ2) is 15.4. The van der Waals surface area contributed by atoms with Crippen LogP contribution in [0.25, 0.3) is 0 Å². The molecule has 0 saturated heterocycles. The summed E-state index contributed by atoms with van der Waals surface area (Å²) in [6.45, 7) is 8.29. The predicted molar refractivity (Wildman–Crippen MR) is 103 cm³/mol. The van der Waals surface area contributed by atoms with Crippen LogP contribution >= 0.6 is 0 Å². The van der Waals surface area contributed by atoms with E-state index in [-0.39, 0.29) is 0 Å². The van der Waals surface area contributed by atoms with Gasteiger partial charge in [0, 0.05) is 13.0 Å². The SMILES string of the molecule is CCCCCCCCCCCCOCC(C)[N+](C)(C)CCCN. The number of unbranched alkanes of at least 4 members (excludes halogenated alkanes) is 9. The van der Waals surface area contributed by atoms with E-state index in [9.17, 15) is 0 Å². The van der Waals surface area contributed by atoms with Crippen molar-refractivity contribution in [2.45, 2.75) is 90.5 Å². The molecular weight excluding hydrogens is 284 g/mol. The zero-order valence-electron chi connectivity index (χ0n) is 16.6. The molecule has 0 amide bonds. The molecule has 0 aromatic rings. The van der Waals surface area contributed by atoms with Crippen LogP contribution in [0.1, 0.15) is 84.5 Å². The number of quaternary nitrogens is 1. The lowest BCUT2D eigenvalue weighted by Gasteiger charge is -2.36. The molecule has 3 nitrogen and oxygen atoms in total. The van der Waals surface area contributed by atoms with Crippen molar-refractivity contribution in [2.24, 2.45) is 5.73 Å². The standard InChI is InChI=1S/C20H45N2O/c1-5-6-7-8-9-10-11-12-13-14-18-23-19-20(2)22(3,4)17-15-16-21/h20H,5-19,21H2,1-4H3/q+1. The molecule has 140 valence electrons. The monoisotopic (exact) mass is 329 g/mol. The Morgan fingerprint density at radius 3 is 1.87 bits per heavy atom. The molecule has 0 rings (SSSR count). The van der Waals surface area contributed by atoms with Crippen LogP contribution in [0.5, 0.6) is 0 Å². The highest BCUT2D eigenvalue weighted by molar-refractivity contribution is 4.51. The van der Waals surface area contributed by atoms with E-state index in [1.165, 1.54) is 64.2 Å². The fourth-order valence-electron chi connectivity index (χ4n) is 2.87. The minimum Gasteiger partial charge on any atom is -0.375 e. The molecule has 0 radical (unpaired) electrons. The molecule has 3 heteroatoms. The van der Waals surface area contributed by atoms with Crippen LogP contribution in [-0.2, 0) is 4.74 Å². The maximum atomic E-state index is 5.89. The van der Waals surface area contributed by atoms with E-state index in [4.69, 9.17) is 10.5 Å². The van der Waals surface area contributed by atoms with E-state index in [0.717, 1.165) is 37.2 Å². The molecular formula is C20H45N2O+. The van der Waals surface area contributed by atoms with Crippen molar-refractivity contribution in [2.75, 3.05) is 40.4 Å². The van der Waals surface area contributed by atoms with Crippen LogP contribution < -0.4 is 5.73 Å². The molecule has 0 aromatic heterocycles. The summed E-state index contributed by atoms with van der Waals surface area (Å²) < 4.78 is 6.90. The Kier molecular flexibility index (Phi) is 15.3. The van der Waals surface area contributed by atoms with E-state index in [1.54, 1.807) is 0 Å². The fraction of sp³-hybridized carbons (Fsp3) is 1.00. The van der Waals surface area contributed by atoms with E-state index in [2.05, 4.69) is 27.9 Å². The average molecular weight is 330 g/mol. The van der Waals surface area contributed by atoms with Crippen molar-refractivity contribution in [3.05, 3.63) is 0 Å².